The summed E-state index contributed by atoms with van der Waals surface area (Å²) in [6.07, 6.45) is 1.46. The number of aldehydes is 1. The summed E-state index contributed by atoms with van der Waals surface area (Å²) < 4.78 is 0.262. The first-order valence-corrected chi connectivity index (χ1v) is 4.95. The van der Waals surface area contributed by atoms with Gasteiger partial charge in [-0.3, -0.25) is 10.1 Å². The van der Waals surface area contributed by atoms with E-state index >= 15 is 0 Å². The van der Waals surface area contributed by atoms with E-state index in [1.54, 1.807) is 6.07 Å². The third-order valence-electron chi connectivity index (χ3n) is 1.85. The molecule has 15 heavy (non-hydrogen) atoms. The lowest BCUT2D eigenvalue weighted by Gasteiger charge is -2.02. The number of nitro benzene ring substituents is 1. The number of hydrogen-bond acceptors (Lipinski definition) is 4. The van der Waals surface area contributed by atoms with E-state index in [9.17, 15) is 20.0 Å². The highest BCUT2D eigenvalue weighted by Crippen LogP contribution is 2.35. The van der Waals surface area contributed by atoms with E-state index in [1.807, 2.05) is 0 Å². The molecule has 1 N–H and O–H groups in total. The molecule has 0 heterocycles. The van der Waals surface area contributed by atoms with Gasteiger partial charge in [0.1, 0.15) is 6.29 Å². The van der Waals surface area contributed by atoms with Crippen LogP contribution in [0.15, 0.2) is 16.6 Å². The molecule has 0 aromatic heterocycles. The minimum Gasteiger partial charge on any atom is -0.501 e. The zero-order valence-electron chi connectivity index (χ0n) is 7.64. The van der Waals surface area contributed by atoms with Crippen LogP contribution in [0.4, 0.5) is 5.69 Å². The summed E-state index contributed by atoms with van der Waals surface area (Å²) in [5.41, 5.74) is 0.281. The lowest BCUT2D eigenvalue weighted by Crippen LogP contribution is -1.93. The van der Waals surface area contributed by atoms with E-state index in [0.717, 1.165) is 6.29 Å². The highest BCUT2D eigenvalue weighted by Gasteiger charge is 2.17. The van der Waals surface area contributed by atoms with Crippen molar-refractivity contribution in [2.75, 3.05) is 0 Å². The molecule has 0 saturated carbocycles. The van der Waals surface area contributed by atoms with E-state index in [2.05, 4.69) is 15.9 Å². The molecule has 1 aromatic rings. The lowest BCUT2D eigenvalue weighted by atomic mass is 10.1. The minimum atomic E-state index is -0.662. The number of halogens is 1. The van der Waals surface area contributed by atoms with E-state index in [1.165, 1.54) is 6.07 Å². The predicted octanol–water partition coefficient (Wildman–Crippen LogP) is 2.19. The molecule has 0 unspecified atom stereocenters. The maximum Gasteiger partial charge on any atom is 0.312 e. The minimum absolute atomic E-state index is 0.262. The first kappa shape index (κ1) is 11.6. The van der Waals surface area contributed by atoms with Gasteiger partial charge in [0.2, 0.25) is 5.75 Å². The second-order valence-corrected chi connectivity index (χ2v) is 3.76. The van der Waals surface area contributed by atoms with Crippen molar-refractivity contribution in [2.24, 2.45) is 0 Å². The molecule has 0 radical (unpaired) electrons. The number of rotatable bonds is 4. The Bertz CT molecular complexity index is 405. The van der Waals surface area contributed by atoms with Crippen molar-refractivity contribution >= 4 is 27.9 Å². The molecule has 1 aromatic carbocycles. The first-order valence-electron chi connectivity index (χ1n) is 4.15. The number of phenols is 1. The second-order valence-electron chi connectivity index (χ2n) is 2.91. The molecule has 0 aliphatic heterocycles. The number of benzene rings is 1. The van der Waals surface area contributed by atoms with Gasteiger partial charge in [-0.1, -0.05) is 0 Å². The van der Waals surface area contributed by atoms with Crippen LogP contribution in [-0.4, -0.2) is 16.3 Å². The lowest BCUT2D eigenvalue weighted by molar-refractivity contribution is -0.386. The average Bonchev–Trinajstić information content (AvgIpc) is 2.19. The number of carbonyl (C=O) groups is 1. The Kier molecular flexibility index (Phi) is 3.79. The SMILES string of the molecule is O=CCCc1cc(Br)c(O)c([N+](=O)[O-])c1. The third-order valence-corrected chi connectivity index (χ3v) is 2.46. The van der Waals surface area contributed by atoms with E-state index in [4.69, 9.17) is 0 Å². The number of aromatic hydroxyl groups is 1. The highest BCUT2D eigenvalue weighted by molar-refractivity contribution is 9.10. The van der Waals surface area contributed by atoms with Gasteiger partial charge in [0.05, 0.1) is 9.40 Å². The fourth-order valence-electron chi connectivity index (χ4n) is 1.15. The quantitative estimate of drug-likeness (QED) is 0.518. The Balaban J connectivity index is 3.11. The van der Waals surface area contributed by atoms with Gasteiger partial charge >= 0.3 is 5.69 Å². The summed E-state index contributed by atoms with van der Waals surface area (Å²) in [6, 6.07) is 2.83. The van der Waals surface area contributed by atoms with E-state index in [0.29, 0.717) is 18.4 Å². The summed E-state index contributed by atoms with van der Waals surface area (Å²) in [6.45, 7) is 0. The third kappa shape index (κ3) is 2.76. The topological polar surface area (TPSA) is 80.4 Å². The highest BCUT2D eigenvalue weighted by atomic mass is 79.9. The summed E-state index contributed by atoms with van der Waals surface area (Å²) >= 11 is 3.01. The Hall–Kier alpha value is -1.43. The summed E-state index contributed by atoms with van der Waals surface area (Å²) in [7, 11) is 0. The van der Waals surface area contributed by atoms with Crippen LogP contribution >= 0.6 is 15.9 Å². The zero-order chi connectivity index (χ0) is 11.4. The van der Waals surface area contributed by atoms with Gasteiger partial charge in [0, 0.05) is 12.5 Å². The predicted molar refractivity (Wildman–Crippen MR) is 56.8 cm³/mol. The molecule has 0 fully saturated rings. The largest absolute Gasteiger partial charge is 0.501 e. The molecule has 1 rings (SSSR count). The van der Waals surface area contributed by atoms with Crippen LogP contribution in [0.25, 0.3) is 0 Å². The molecule has 0 aliphatic rings. The van der Waals surface area contributed by atoms with Gasteiger partial charge in [-0.2, -0.15) is 0 Å². The molecule has 0 amide bonds. The standard InChI is InChI=1S/C9H8BrNO4/c10-7-4-6(2-1-3-12)5-8(9(7)13)11(14)15/h3-5,13H,1-2H2. The van der Waals surface area contributed by atoms with Crippen LogP contribution < -0.4 is 0 Å². The van der Waals surface area contributed by atoms with Crippen LogP contribution in [0.3, 0.4) is 0 Å². The fourth-order valence-corrected chi connectivity index (χ4v) is 1.65. The molecule has 0 bridgehead atoms. The monoisotopic (exact) mass is 273 g/mol. The van der Waals surface area contributed by atoms with Crippen molar-refractivity contribution in [1.82, 2.24) is 0 Å². The van der Waals surface area contributed by atoms with Crippen molar-refractivity contribution in [3.63, 3.8) is 0 Å². The van der Waals surface area contributed by atoms with Crippen molar-refractivity contribution in [3.05, 3.63) is 32.3 Å². The fraction of sp³-hybridized carbons (Fsp3) is 0.222. The van der Waals surface area contributed by atoms with Crippen molar-refractivity contribution < 1.29 is 14.8 Å². The molecular formula is C9H8BrNO4. The Labute approximate surface area is 94.0 Å². The maximum absolute atomic E-state index is 10.6. The van der Waals surface area contributed by atoms with Gasteiger partial charge in [0.25, 0.3) is 0 Å². The molecule has 0 saturated heterocycles. The van der Waals surface area contributed by atoms with Crippen LogP contribution in [0, 0.1) is 10.1 Å². The molecule has 0 atom stereocenters. The molecule has 0 spiro atoms. The molecular weight excluding hydrogens is 266 g/mol. The summed E-state index contributed by atoms with van der Waals surface area (Å²) in [5.74, 6) is -0.394. The zero-order valence-corrected chi connectivity index (χ0v) is 9.23. The summed E-state index contributed by atoms with van der Waals surface area (Å²) in [5, 5.41) is 19.9. The van der Waals surface area contributed by atoms with Crippen molar-refractivity contribution in [3.8, 4) is 5.75 Å². The summed E-state index contributed by atoms with van der Waals surface area (Å²) in [4.78, 5) is 20.0. The number of aryl methyl sites for hydroxylation is 1. The maximum atomic E-state index is 10.6. The Morgan fingerprint density at radius 2 is 2.20 bits per heavy atom. The van der Waals surface area contributed by atoms with E-state index < -0.39 is 10.7 Å². The van der Waals surface area contributed by atoms with Gasteiger partial charge < -0.3 is 9.90 Å². The van der Waals surface area contributed by atoms with Crippen LogP contribution in [0.1, 0.15) is 12.0 Å². The van der Waals surface area contributed by atoms with E-state index in [-0.39, 0.29) is 10.2 Å². The number of phenolic OH excluding ortho intramolecular Hbond substituents is 1. The number of nitro groups is 1. The Morgan fingerprint density at radius 1 is 1.53 bits per heavy atom. The van der Waals surface area contributed by atoms with Crippen molar-refractivity contribution in [1.29, 1.82) is 0 Å². The van der Waals surface area contributed by atoms with Gasteiger partial charge in [0.15, 0.2) is 0 Å². The molecule has 80 valence electrons. The number of carbonyl (C=O) groups excluding carboxylic acids is 1. The van der Waals surface area contributed by atoms with Gasteiger partial charge in [-0.05, 0) is 34.0 Å². The first-order chi connectivity index (χ1) is 7.06. The average molecular weight is 274 g/mol. The smallest absolute Gasteiger partial charge is 0.312 e. The molecule has 6 heteroatoms. The van der Waals surface area contributed by atoms with Gasteiger partial charge in [-0.15, -0.1) is 0 Å². The van der Waals surface area contributed by atoms with Crippen LogP contribution in [0.2, 0.25) is 0 Å². The number of nitrogens with zero attached hydrogens (tertiary/aromatic N) is 1. The van der Waals surface area contributed by atoms with Gasteiger partial charge in [-0.25, -0.2) is 0 Å². The van der Waals surface area contributed by atoms with Crippen molar-refractivity contribution in [2.45, 2.75) is 12.8 Å². The Morgan fingerprint density at radius 3 is 2.73 bits per heavy atom. The van der Waals surface area contributed by atoms with Crippen LogP contribution in [-0.2, 0) is 11.2 Å². The molecule has 0 aliphatic carbocycles. The van der Waals surface area contributed by atoms with Crippen LogP contribution in [0.5, 0.6) is 5.75 Å². The molecule has 5 nitrogen and oxygen atoms in total. The number of hydrogen-bond donors (Lipinski definition) is 1. The normalized spacial score (nSPS) is 9.93. The second kappa shape index (κ2) is 4.88.